The van der Waals surface area contributed by atoms with E-state index < -0.39 is 6.04 Å². The van der Waals surface area contributed by atoms with E-state index in [0.29, 0.717) is 10.7 Å². The zero-order valence-corrected chi connectivity index (χ0v) is 11.2. The maximum absolute atomic E-state index is 13.0. The molecular weight excluding hydrogens is 279 g/mol. The van der Waals surface area contributed by atoms with E-state index in [-0.39, 0.29) is 17.8 Å². The van der Waals surface area contributed by atoms with Crippen LogP contribution in [-0.4, -0.2) is 11.9 Å². The van der Waals surface area contributed by atoms with Gasteiger partial charge < -0.3 is 10.6 Å². The van der Waals surface area contributed by atoms with E-state index in [1.165, 1.54) is 12.1 Å². The molecule has 2 unspecified atom stereocenters. The average Bonchev–Trinajstić information content (AvgIpc) is 2.46. The topological polar surface area (TPSA) is 46.3 Å². The number of hydrogen-bond acceptors (Lipinski definition) is 2. The van der Waals surface area contributed by atoms with Crippen LogP contribution in [0.2, 0.25) is 5.02 Å². The van der Waals surface area contributed by atoms with Crippen molar-refractivity contribution in [3.8, 4) is 0 Å². The number of benzene rings is 2. The number of rotatable bonds is 2. The van der Waals surface area contributed by atoms with E-state index in [1.54, 1.807) is 29.2 Å². The molecule has 1 aliphatic rings. The Morgan fingerprint density at radius 2 is 1.65 bits per heavy atom. The minimum atomic E-state index is -0.582. The lowest BCUT2D eigenvalue weighted by Crippen LogP contribution is -2.63. The van der Waals surface area contributed by atoms with Gasteiger partial charge in [-0.05, 0) is 42.0 Å². The molecule has 0 radical (unpaired) electrons. The lowest BCUT2D eigenvalue weighted by Gasteiger charge is -2.45. The summed E-state index contributed by atoms with van der Waals surface area (Å²) in [4.78, 5) is 13.6. The predicted octanol–water partition coefficient (Wildman–Crippen LogP) is 2.89. The molecule has 2 aromatic rings. The molecule has 1 amide bonds. The van der Waals surface area contributed by atoms with Gasteiger partial charge in [0.05, 0.1) is 6.04 Å². The van der Waals surface area contributed by atoms with Gasteiger partial charge in [0.25, 0.3) is 0 Å². The van der Waals surface area contributed by atoms with Gasteiger partial charge in [-0.2, -0.15) is 0 Å². The number of nitrogens with two attached hydrogens (primary N) is 1. The summed E-state index contributed by atoms with van der Waals surface area (Å²) >= 11 is 5.86. The quantitative estimate of drug-likeness (QED) is 0.865. The van der Waals surface area contributed by atoms with Crippen LogP contribution in [0.25, 0.3) is 0 Å². The molecule has 0 spiro atoms. The van der Waals surface area contributed by atoms with Crippen LogP contribution in [0.4, 0.5) is 10.1 Å². The van der Waals surface area contributed by atoms with E-state index in [4.69, 9.17) is 17.3 Å². The first-order valence-corrected chi connectivity index (χ1v) is 6.55. The van der Waals surface area contributed by atoms with Gasteiger partial charge in [-0.1, -0.05) is 23.7 Å². The van der Waals surface area contributed by atoms with Crippen LogP contribution in [0.3, 0.4) is 0 Å². The van der Waals surface area contributed by atoms with Crippen molar-refractivity contribution in [2.45, 2.75) is 12.1 Å². The van der Waals surface area contributed by atoms with Crippen LogP contribution >= 0.6 is 11.6 Å². The number of anilines is 1. The highest BCUT2D eigenvalue weighted by Crippen LogP contribution is 2.38. The number of amides is 1. The normalized spacial score (nSPS) is 21.8. The molecule has 1 fully saturated rings. The second-order valence-electron chi connectivity index (χ2n) is 4.71. The molecule has 2 aromatic carbocycles. The second kappa shape index (κ2) is 4.89. The van der Waals surface area contributed by atoms with E-state index in [9.17, 15) is 9.18 Å². The standard InChI is InChI=1S/C15H12ClFN2O/c16-10-3-1-9(2-4-10)14-13(18)15(20)19(14)12-7-5-11(17)6-8-12/h1-8,13-14H,18H2. The molecule has 102 valence electrons. The molecule has 0 aromatic heterocycles. The first-order chi connectivity index (χ1) is 9.58. The van der Waals surface area contributed by atoms with Gasteiger partial charge in [-0.15, -0.1) is 0 Å². The van der Waals surface area contributed by atoms with Crippen molar-refractivity contribution in [2.24, 2.45) is 5.73 Å². The number of β-lactam (4-membered cyclic amide) rings is 1. The Bertz CT molecular complexity index is 642. The predicted molar refractivity (Wildman–Crippen MR) is 76.1 cm³/mol. The first-order valence-electron chi connectivity index (χ1n) is 6.17. The molecule has 3 nitrogen and oxygen atoms in total. The monoisotopic (exact) mass is 290 g/mol. The largest absolute Gasteiger partial charge is 0.318 e. The fourth-order valence-corrected chi connectivity index (χ4v) is 2.54. The molecule has 1 aliphatic heterocycles. The third kappa shape index (κ3) is 2.07. The zero-order valence-electron chi connectivity index (χ0n) is 10.5. The SMILES string of the molecule is NC1C(=O)N(c2ccc(F)cc2)C1c1ccc(Cl)cc1. The second-order valence-corrected chi connectivity index (χ2v) is 5.14. The van der Waals surface area contributed by atoms with Crippen molar-refractivity contribution in [3.05, 3.63) is 64.9 Å². The van der Waals surface area contributed by atoms with E-state index in [0.717, 1.165) is 5.56 Å². The molecule has 1 saturated heterocycles. The van der Waals surface area contributed by atoms with E-state index in [1.807, 2.05) is 12.1 Å². The Hall–Kier alpha value is -1.91. The van der Waals surface area contributed by atoms with Crippen LogP contribution in [0.15, 0.2) is 48.5 Å². The molecule has 5 heteroatoms. The van der Waals surface area contributed by atoms with Gasteiger partial charge in [0.15, 0.2) is 0 Å². The molecular formula is C15H12ClFN2O. The maximum atomic E-state index is 13.0. The van der Waals surface area contributed by atoms with Crippen molar-refractivity contribution in [2.75, 3.05) is 4.90 Å². The average molecular weight is 291 g/mol. The molecule has 20 heavy (non-hydrogen) atoms. The Kier molecular flexibility index (Phi) is 3.20. The van der Waals surface area contributed by atoms with Crippen molar-refractivity contribution >= 4 is 23.2 Å². The number of carbonyl (C=O) groups is 1. The Morgan fingerprint density at radius 3 is 2.25 bits per heavy atom. The van der Waals surface area contributed by atoms with E-state index in [2.05, 4.69) is 0 Å². The van der Waals surface area contributed by atoms with Gasteiger partial charge in [0.2, 0.25) is 5.91 Å². The Balaban J connectivity index is 1.95. The molecule has 0 aliphatic carbocycles. The van der Waals surface area contributed by atoms with Crippen LogP contribution in [0, 0.1) is 5.82 Å². The van der Waals surface area contributed by atoms with Gasteiger partial charge in [0.1, 0.15) is 11.9 Å². The fraction of sp³-hybridized carbons (Fsp3) is 0.133. The lowest BCUT2D eigenvalue weighted by atomic mass is 9.88. The number of halogens is 2. The first kappa shape index (κ1) is 13.1. The Morgan fingerprint density at radius 1 is 1.05 bits per heavy atom. The minimum absolute atomic E-state index is 0.170. The molecule has 3 rings (SSSR count). The van der Waals surface area contributed by atoms with Gasteiger partial charge in [0, 0.05) is 10.7 Å². The van der Waals surface area contributed by atoms with Crippen LogP contribution in [-0.2, 0) is 4.79 Å². The summed E-state index contributed by atoms with van der Waals surface area (Å²) in [6.45, 7) is 0. The summed E-state index contributed by atoms with van der Waals surface area (Å²) in [5.74, 6) is -0.509. The third-order valence-electron chi connectivity index (χ3n) is 3.46. The summed E-state index contributed by atoms with van der Waals surface area (Å²) in [5.41, 5.74) is 7.44. The summed E-state index contributed by atoms with van der Waals surface area (Å²) in [5, 5.41) is 0.626. The fourth-order valence-electron chi connectivity index (χ4n) is 2.42. The smallest absolute Gasteiger partial charge is 0.247 e. The van der Waals surface area contributed by atoms with Crippen LogP contribution in [0.5, 0.6) is 0 Å². The van der Waals surface area contributed by atoms with Crippen molar-refractivity contribution < 1.29 is 9.18 Å². The lowest BCUT2D eigenvalue weighted by molar-refractivity contribution is -0.126. The molecule has 0 saturated carbocycles. The van der Waals surface area contributed by atoms with Crippen LogP contribution in [0.1, 0.15) is 11.6 Å². The molecule has 2 N–H and O–H groups in total. The van der Waals surface area contributed by atoms with Gasteiger partial charge >= 0.3 is 0 Å². The zero-order chi connectivity index (χ0) is 14.3. The maximum Gasteiger partial charge on any atom is 0.247 e. The molecule has 2 atom stereocenters. The minimum Gasteiger partial charge on any atom is -0.318 e. The van der Waals surface area contributed by atoms with E-state index >= 15 is 0 Å². The van der Waals surface area contributed by atoms with Crippen molar-refractivity contribution in [1.29, 1.82) is 0 Å². The highest BCUT2D eigenvalue weighted by molar-refractivity contribution is 6.30. The number of nitrogens with zero attached hydrogens (tertiary/aromatic N) is 1. The highest BCUT2D eigenvalue weighted by atomic mass is 35.5. The van der Waals surface area contributed by atoms with Gasteiger partial charge in [-0.25, -0.2) is 4.39 Å². The van der Waals surface area contributed by atoms with Crippen molar-refractivity contribution in [3.63, 3.8) is 0 Å². The van der Waals surface area contributed by atoms with Crippen molar-refractivity contribution in [1.82, 2.24) is 0 Å². The molecule has 1 heterocycles. The third-order valence-corrected chi connectivity index (χ3v) is 3.71. The summed E-state index contributed by atoms with van der Waals surface area (Å²) in [6.07, 6.45) is 0. The van der Waals surface area contributed by atoms with Gasteiger partial charge in [-0.3, -0.25) is 4.79 Å². The summed E-state index contributed by atoms with van der Waals surface area (Å²) in [7, 11) is 0. The number of carbonyl (C=O) groups excluding carboxylic acids is 1. The summed E-state index contributed by atoms with van der Waals surface area (Å²) < 4.78 is 13.0. The van der Waals surface area contributed by atoms with Crippen LogP contribution < -0.4 is 10.6 Å². The summed E-state index contributed by atoms with van der Waals surface area (Å²) in [6, 6.07) is 12.2. The molecule has 0 bridgehead atoms. The Labute approximate surface area is 120 Å². The number of hydrogen-bond donors (Lipinski definition) is 1. The highest BCUT2D eigenvalue weighted by Gasteiger charge is 2.46.